The molecule has 0 spiro atoms. The maximum atomic E-state index is 12.7. The van der Waals surface area contributed by atoms with Crippen LogP contribution in [0.4, 0.5) is 13.2 Å². The zero-order chi connectivity index (χ0) is 14.0. The smallest absolute Gasteiger partial charge is 0.320 e. The maximum Gasteiger partial charge on any atom is 0.416 e. The number of rotatable bonds is 2. The normalized spacial score (nSPS) is 13.3. The first kappa shape index (κ1) is 13.6. The van der Waals surface area contributed by atoms with Crippen LogP contribution in [0.15, 0.2) is 48.5 Å². The van der Waals surface area contributed by atoms with Gasteiger partial charge in [0.2, 0.25) is 0 Å². The zero-order valence-corrected chi connectivity index (χ0v) is 10.4. The zero-order valence-electron chi connectivity index (χ0n) is 10.4. The van der Waals surface area contributed by atoms with Gasteiger partial charge in [-0.3, -0.25) is 0 Å². The first-order valence-corrected chi connectivity index (χ1v) is 5.88. The van der Waals surface area contributed by atoms with Gasteiger partial charge in [-0.15, -0.1) is 0 Å². The van der Waals surface area contributed by atoms with E-state index in [-0.39, 0.29) is 0 Å². The average Bonchev–Trinajstić information content (AvgIpc) is 2.38. The maximum absolute atomic E-state index is 12.7. The second-order valence-corrected chi connectivity index (χ2v) is 4.46. The van der Waals surface area contributed by atoms with Gasteiger partial charge in [-0.25, -0.2) is 0 Å². The van der Waals surface area contributed by atoms with E-state index in [2.05, 4.69) is 0 Å². The molecule has 0 fully saturated rings. The molecule has 0 aliphatic heterocycles. The van der Waals surface area contributed by atoms with Crippen molar-refractivity contribution in [3.8, 4) is 0 Å². The summed E-state index contributed by atoms with van der Waals surface area (Å²) < 4.78 is 38.0. The van der Waals surface area contributed by atoms with Crippen molar-refractivity contribution < 1.29 is 13.2 Å². The van der Waals surface area contributed by atoms with Gasteiger partial charge >= 0.3 is 6.18 Å². The fourth-order valence-corrected chi connectivity index (χ4v) is 2.02. The largest absolute Gasteiger partial charge is 0.416 e. The van der Waals surface area contributed by atoms with Crippen molar-refractivity contribution in [2.24, 2.45) is 5.73 Å². The molecule has 1 atom stereocenters. The van der Waals surface area contributed by atoms with Crippen LogP contribution >= 0.6 is 0 Å². The molecule has 1 unspecified atom stereocenters. The Morgan fingerprint density at radius 1 is 1.00 bits per heavy atom. The van der Waals surface area contributed by atoms with Gasteiger partial charge in [-0.1, -0.05) is 36.4 Å². The fourth-order valence-electron chi connectivity index (χ4n) is 2.02. The van der Waals surface area contributed by atoms with E-state index in [9.17, 15) is 13.2 Å². The van der Waals surface area contributed by atoms with E-state index in [1.165, 1.54) is 6.07 Å². The first-order valence-electron chi connectivity index (χ1n) is 5.88. The molecule has 0 amide bonds. The molecule has 0 aromatic heterocycles. The van der Waals surface area contributed by atoms with E-state index >= 15 is 0 Å². The average molecular weight is 265 g/mol. The highest BCUT2D eigenvalue weighted by Gasteiger charge is 2.30. The number of alkyl halides is 3. The molecule has 0 heterocycles. The number of nitrogens with two attached hydrogens (primary N) is 1. The molecule has 2 N–H and O–H groups in total. The molecule has 0 bridgehead atoms. The highest BCUT2D eigenvalue weighted by atomic mass is 19.4. The minimum Gasteiger partial charge on any atom is -0.320 e. The van der Waals surface area contributed by atoms with Gasteiger partial charge in [-0.2, -0.15) is 13.2 Å². The molecule has 2 rings (SSSR count). The summed E-state index contributed by atoms with van der Waals surface area (Å²) in [6, 6.07) is 12.0. The van der Waals surface area contributed by atoms with Crippen LogP contribution in [-0.2, 0) is 6.18 Å². The Morgan fingerprint density at radius 3 is 2.32 bits per heavy atom. The third kappa shape index (κ3) is 2.96. The Balaban J connectivity index is 2.40. The first-order chi connectivity index (χ1) is 8.89. The topological polar surface area (TPSA) is 26.0 Å². The number of halogens is 3. The summed E-state index contributed by atoms with van der Waals surface area (Å²) in [5.74, 6) is 0. The third-order valence-corrected chi connectivity index (χ3v) is 3.10. The van der Waals surface area contributed by atoms with Crippen LogP contribution in [0, 0.1) is 6.92 Å². The lowest BCUT2D eigenvalue weighted by molar-refractivity contribution is -0.137. The van der Waals surface area contributed by atoms with Crippen LogP contribution in [0.3, 0.4) is 0 Å². The van der Waals surface area contributed by atoms with E-state index in [1.807, 2.05) is 31.2 Å². The van der Waals surface area contributed by atoms with Crippen molar-refractivity contribution in [3.05, 3.63) is 70.8 Å². The molecule has 0 saturated carbocycles. The highest BCUT2D eigenvalue weighted by molar-refractivity contribution is 5.38. The molecule has 2 aromatic carbocycles. The second kappa shape index (κ2) is 5.05. The standard InChI is InChI=1S/C15H14F3N/c1-10-5-2-3-8-13(10)14(19)11-6-4-7-12(9-11)15(16,17)18/h2-9,14H,19H2,1H3. The van der Waals surface area contributed by atoms with E-state index in [0.29, 0.717) is 5.56 Å². The number of hydrogen-bond acceptors (Lipinski definition) is 1. The third-order valence-electron chi connectivity index (χ3n) is 3.10. The van der Waals surface area contributed by atoms with Gasteiger partial charge in [0.25, 0.3) is 0 Å². The van der Waals surface area contributed by atoms with Crippen molar-refractivity contribution in [1.29, 1.82) is 0 Å². The summed E-state index contributed by atoms with van der Waals surface area (Å²) in [6.45, 7) is 1.89. The monoisotopic (exact) mass is 265 g/mol. The van der Waals surface area contributed by atoms with Crippen molar-refractivity contribution in [3.63, 3.8) is 0 Å². The summed E-state index contributed by atoms with van der Waals surface area (Å²) in [7, 11) is 0. The van der Waals surface area contributed by atoms with Crippen LogP contribution in [0.1, 0.15) is 28.3 Å². The Labute approximate surface area is 109 Å². The van der Waals surface area contributed by atoms with Crippen LogP contribution in [-0.4, -0.2) is 0 Å². The van der Waals surface area contributed by atoms with Crippen molar-refractivity contribution in [1.82, 2.24) is 0 Å². The number of hydrogen-bond donors (Lipinski definition) is 1. The molecule has 1 nitrogen and oxygen atoms in total. The van der Waals surface area contributed by atoms with Crippen LogP contribution in [0.2, 0.25) is 0 Å². The van der Waals surface area contributed by atoms with E-state index in [0.717, 1.165) is 23.3 Å². The highest BCUT2D eigenvalue weighted by Crippen LogP contribution is 2.31. The lowest BCUT2D eigenvalue weighted by Crippen LogP contribution is -2.14. The molecule has 2 aromatic rings. The van der Waals surface area contributed by atoms with Gasteiger partial charge in [-0.05, 0) is 35.7 Å². The van der Waals surface area contributed by atoms with Gasteiger partial charge in [0.15, 0.2) is 0 Å². The van der Waals surface area contributed by atoms with Crippen LogP contribution in [0.25, 0.3) is 0 Å². The molecule has 0 saturated heterocycles. The summed E-state index contributed by atoms with van der Waals surface area (Å²) in [5, 5.41) is 0. The van der Waals surface area contributed by atoms with Crippen molar-refractivity contribution >= 4 is 0 Å². The lowest BCUT2D eigenvalue weighted by Gasteiger charge is -2.16. The van der Waals surface area contributed by atoms with Gasteiger partial charge in [0, 0.05) is 0 Å². The molecule has 4 heteroatoms. The predicted molar refractivity (Wildman–Crippen MR) is 68.7 cm³/mol. The lowest BCUT2D eigenvalue weighted by atomic mass is 9.95. The minimum atomic E-state index is -4.35. The molecule has 0 aliphatic rings. The summed E-state index contributed by atoms with van der Waals surface area (Å²) in [4.78, 5) is 0. The fraction of sp³-hybridized carbons (Fsp3) is 0.200. The SMILES string of the molecule is Cc1ccccc1C(N)c1cccc(C(F)(F)F)c1. The molecule has 0 aliphatic carbocycles. The number of benzene rings is 2. The Bertz CT molecular complexity index is 576. The Hall–Kier alpha value is -1.81. The summed E-state index contributed by atoms with van der Waals surface area (Å²) >= 11 is 0. The molecule has 0 radical (unpaired) electrons. The molecular weight excluding hydrogens is 251 g/mol. The predicted octanol–water partition coefficient (Wildman–Crippen LogP) is 4.06. The molecular formula is C15H14F3N. The second-order valence-electron chi connectivity index (χ2n) is 4.46. The number of aryl methyl sites for hydroxylation is 1. The van der Waals surface area contributed by atoms with E-state index in [1.54, 1.807) is 6.07 Å². The van der Waals surface area contributed by atoms with Crippen molar-refractivity contribution in [2.45, 2.75) is 19.1 Å². The van der Waals surface area contributed by atoms with Gasteiger partial charge < -0.3 is 5.73 Å². The summed E-state index contributed by atoms with van der Waals surface area (Å²) in [6.07, 6.45) is -4.35. The Kier molecular flexibility index (Phi) is 3.62. The molecule has 19 heavy (non-hydrogen) atoms. The van der Waals surface area contributed by atoms with Crippen LogP contribution < -0.4 is 5.73 Å². The quantitative estimate of drug-likeness (QED) is 0.870. The van der Waals surface area contributed by atoms with Crippen LogP contribution in [0.5, 0.6) is 0 Å². The van der Waals surface area contributed by atoms with E-state index in [4.69, 9.17) is 5.73 Å². The molecule has 100 valence electrons. The Morgan fingerprint density at radius 2 is 1.68 bits per heavy atom. The minimum absolute atomic E-state index is 0.462. The van der Waals surface area contributed by atoms with Crippen molar-refractivity contribution in [2.75, 3.05) is 0 Å². The summed E-state index contributed by atoms with van der Waals surface area (Å²) in [5.41, 5.74) is 7.65. The van der Waals surface area contributed by atoms with Gasteiger partial charge in [0.1, 0.15) is 0 Å². The van der Waals surface area contributed by atoms with E-state index < -0.39 is 17.8 Å². The van der Waals surface area contributed by atoms with Gasteiger partial charge in [0.05, 0.1) is 11.6 Å².